The van der Waals surface area contributed by atoms with Gasteiger partial charge in [0.1, 0.15) is 12.4 Å². The topological polar surface area (TPSA) is 132 Å². The van der Waals surface area contributed by atoms with E-state index >= 15 is 0 Å². The van der Waals surface area contributed by atoms with Crippen LogP contribution in [0.2, 0.25) is 0 Å². The Morgan fingerprint density at radius 2 is 1.73 bits per heavy atom. The van der Waals surface area contributed by atoms with Gasteiger partial charge in [-0.25, -0.2) is 9.37 Å². The van der Waals surface area contributed by atoms with Gasteiger partial charge < -0.3 is 15.1 Å². The fraction of sp³-hybridized carbons (Fsp3) is 0.310. The van der Waals surface area contributed by atoms with Gasteiger partial charge in [-0.1, -0.05) is 56.3 Å². The lowest BCUT2D eigenvalue weighted by Gasteiger charge is -2.21. The van der Waals surface area contributed by atoms with Crippen LogP contribution >= 0.6 is 0 Å². The predicted octanol–water partition coefficient (Wildman–Crippen LogP) is 3.82. The van der Waals surface area contributed by atoms with E-state index in [0.29, 0.717) is 11.3 Å². The van der Waals surface area contributed by atoms with Gasteiger partial charge in [0.25, 0.3) is 11.4 Å². The second-order valence-electron chi connectivity index (χ2n) is 10.2. The van der Waals surface area contributed by atoms with E-state index in [9.17, 15) is 18.8 Å². The van der Waals surface area contributed by atoms with Gasteiger partial charge in [-0.05, 0) is 43.0 Å². The Hall–Kier alpha value is -4.67. The van der Waals surface area contributed by atoms with Crippen LogP contribution in [0.3, 0.4) is 0 Å². The van der Waals surface area contributed by atoms with Crippen molar-refractivity contribution in [3.63, 3.8) is 0 Å². The Bertz CT molecular complexity index is 1560. The maximum atomic E-state index is 13.4. The number of carbonyl (C=O) groups is 2. The van der Waals surface area contributed by atoms with Crippen LogP contribution in [0.15, 0.2) is 70.0 Å². The minimum Gasteiger partial charge on any atom is -0.417 e. The number of carbonyl (C=O) groups excluding carboxylic acids is 2. The first-order valence-electron chi connectivity index (χ1n) is 12.8. The van der Waals surface area contributed by atoms with Crippen LogP contribution in [0.25, 0.3) is 11.3 Å². The maximum Gasteiger partial charge on any atom is 0.294 e. The number of aromatic nitrogens is 4. The van der Waals surface area contributed by atoms with Gasteiger partial charge >= 0.3 is 0 Å². The van der Waals surface area contributed by atoms with Gasteiger partial charge in [0, 0.05) is 7.05 Å². The molecule has 11 heteroatoms. The molecule has 2 aromatic carbocycles. The van der Waals surface area contributed by atoms with Crippen molar-refractivity contribution in [1.82, 2.24) is 25.1 Å². The maximum absolute atomic E-state index is 13.4. The molecule has 0 radical (unpaired) electrons. The Morgan fingerprint density at radius 3 is 2.35 bits per heavy atom. The van der Waals surface area contributed by atoms with Crippen molar-refractivity contribution in [3.05, 3.63) is 94.3 Å². The number of nitrogens with one attached hydrogen (secondary N) is 2. The first kappa shape index (κ1) is 28.3. The van der Waals surface area contributed by atoms with Crippen LogP contribution in [-0.4, -0.2) is 44.5 Å². The average molecular weight is 547 g/mol. The standard InChI is InChI=1S/C29H31FN6O4/c1-17(2)23(24(38)26-34-35-28(40-26)29(3,4)19-11-13-20(30)14-12-19)33-22(37)16-36-21(18-9-7-6-8-10-18)15-32-25(31-5)27(36)39/h6-15,17,23H,16H2,1-5H3,(H,31,32)(H,33,37). The summed E-state index contributed by atoms with van der Waals surface area (Å²) >= 11 is 0. The number of ketones is 1. The second-order valence-corrected chi connectivity index (χ2v) is 10.2. The molecule has 0 aliphatic heterocycles. The molecule has 0 saturated heterocycles. The van der Waals surface area contributed by atoms with Crippen molar-refractivity contribution in [1.29, 1.82) is 0 Å². The van der Waals surface area contributed by atoms with Crippen LogP contribution in [-0.2, 0) is 16.8 Å². The van der Waals surface area contributed by atoms with E-state index in [-0.39, 0.29) is 35.9 Å². The van der Waals surface area contributed by atoms with Gasteiger partial charge in [0.15, 0.2) is 5.82 Å². The molecule has 40 heavy (non-hydrogen) atoms. The van der Waals surface area contributed by atoms with E-state index in [1.807, 2.05) is 44.2 Å². The fourth-order valence-corrected chi connectivity index (χ4v) is 4.25. The van der Waals surface area contributed by atoms with Crippen molar-refractivity contribution >= 4 is 17.5 Å². The van der Waals surface area contributed by atoms with Crippen molar-refractivity contribution < 1.29 is 18.4 Å². The number of hydrogen-bond donors (Lipinski definition) is 2. The number of hydrogen-bond acceptors (Lipinski definition) is 8. The molecule has 10 nitrogen and oxygen atoms in total. The molecule has 0 fully saturated rings. The summed E-state index contributed by atoms with van der Waals surface area (Å²) in [6.45, 7) is 6.84. The summed E-state index contributed by atoms with van der Waals surface area (Å²) < 4.78 is 20.5. The number of anilines is 1. The summed E-state index contributed by atoms with van der Waals surface area (Å²) in [7, 11) is 1.57. The van der Waals surface area contributed by atoms with Crippen molar-refractivity contribution in [3.8, 4) is 11.3 Å². The number of rotatable bonds is 10. The third kappa shape index (κ3) is 5.83. The fourth-order valence-electron chi connectivity index (χ4n) is 4.25. The summed E-state index contributed by atoms with van der Waals surface area (Å²) in [5.41, 5.74) is 0.620. The van der Waals surface area contributed by atoms with Gasteiger partial charge in [0.2, 0.25) is 17.6 Å². The lowest BCUT2D eigenvalue weighted by molar-refractivity contribution is -0.122. The molecule has 0 aliphatic rings. The van der Waals surface area contributed by atoms with Crippen molar-refractivity contribution in [2.24, 2.45) is 5.92 Å². The number of nitrogens with zero attached hydrogens (tertiary/aromatic N) is 4. The molecule has 0 saturated carbocycles. The predicted molar refractivity (Wildman–Crippen MR) is 147 cm³/mol. The van der Waals surface area contributed by atoms with Gasteiger partial charge in [-0.3, -0.25) is 19.0 Å². The van der Waals surface area contributed by atoms with Gasteiger partial charge in [-0.15, -0.1) is 10.2 Å². The highest BCUT2D eigenvalue weighted by atomic mass is 19.1. The summed E-state index contributed by atoms with van der Waals surface area (Å²) in [6, 6.07) is 14.0. The minimum absolute atomic E-state index is 0.0890. The first-order chi connectivity index (χ1) is 19.0. The van der Waals surface area contributed by atoms with Crippen molar-refractivity contribution in [2.45, 2.75) is 45.7 Å². The number of Topliss-reactive ketones (excluding diaryl/α,β-unsaturated/α-hetero) is 1. The lowest BCUT2D eigenvalue weighted by atomic mass is 9.84. The monoisotopic (exact) mass is 546 g/mol. The van der Waals surface area contributed by atoms with Gasteiger partial charge in [0.05, 0.1) is 23.3 Å². The van der Waals surface area contributed by atoms with E-state index in [4.69, 9.17) is 4.42 Å². The van der Waals surface area contributed by atoms with Crippen LogP contribution in [0.5, 0.6) is 0 Å². The third-order valence-corrected chi connectivity index (χ3v) is 6.66. The number of halogens is 1. The Morgan fingerprint density at radius 1 is 1.05 bits per heavy atom. The number of benzene rings is 2. The van der Waals surface area contributed by atoms with Crippen LogP contribution in [0.1, 0.15) is 49.8 Å². The molecular formula is C29H31FN6O4. The molecule has 1 atom stereocenters. The molecule has 208 valence electrons. The third-order valence-electron chi connectivity index (χ3n) is 6.66. The van der Waals surface area contributed by atoms with Gasteiger partial charge in [-0.2, -0.15) is 0 Å². The number of amides is 1. The van der Waals surface area contributed by atoms with Crippen molar-refractivity contribution in [2.75, 3.05) is 12.4 Å². The van der Waals surface area contributed by atoms with Crippen LogP contribution in [0, 0.1) is 11.7 Å². The summed E-state index contributed by atoms with van der Waals surface area (Å²) in [6.07, 6.45) is 1.52. The van der Waals surface area contributed by atoms with E-state index in [1.54, 1.807) is 33.0 Å². The van der Waals surface area contributed by atoms with E-state index in [1.165, 1.54) is 22.9 Å². The van der Waals surface area contributed by atoms with E-state index < -0.39 is 28.7 Å². The molecular weight excluding hydrogens is 515 g/mol. The first-order valence-corrected chi connectivity index (χ1v) is 12.8. The largest absolute Gasteiger partial charge is 0.417 e. The highest BCUT2D eigenvalue weighted by molar-refractivity contribution is 5.98. The molecule has 2 N–H and O–H groups in total. The molecule has 1 amide bonds. The van der Waals surface area contributed by atoms with E-state index in [2.05, 4.69) is 25.8 Å². The molecule has 4 rings (SSSR count). The Kier molecular flexibility index (Phi) is 8.22. The summed E-state index contributed by atoms with van der Waals surface area (Å²) in [5, 5.41) is 13.5. The van der Waals surface area contributed by atoms with E-state index in [0.717, 1.165) is 5.56 Å². The zero-order valence-electron chi connectivity index (χ0n) is 22.9. The quantitative estimate of drug-likeness (QED) is 0.287. The molecule has 2 aromatic heterocycles. The second kappa shape index (κ2) is 11.6. The molecule has 4 aromatic rings. The molecule has 0 spiro atoms. The summed E-state index contributed by atoms with van der Waals surface area (Å²) in [5.74, 6) is -1.80. The SMILES string of the molecule is CNc1ncc(-c2ccccc2)n(CC(=O)NC(C(=O)c2nnc(C(C)(C)c3ccc(F)cc3)o2)C(C)C)c1=O. The lowest BCUT2D eigenvalue weighted by Crippen LogP contribution is -2.46. The summed E-state index contributed by atoms with van der Waals surface area (Å²) in [4.78, 5) is 43.9. The smallest absolute Gasteiger partial charge is 0.294 e. The minimum atomic E-state index is -0.990. The van der Waals surface area contributed by atoms with Crippen LogP contribution in [0.4, 0.5) is 10.2 Å². The zero-order chi connectivity index (χ0) is 29.0. The molecule has 0 bridgehead atoms. The molecule has 1 unspecified atom stereocenters. The molecule has 2 heterocycles. The zero-order valence-corrected chi connectivity index (χ0v) is 22.9. The van der Waals surface area contributed by atoms with Crippen LogP contribution < -0.4 is 16.2 Å². The Balaban J connectivity index is 1.57. The highest BCUT2D eigenvalue weighted by Gasteiger charge is 2.34. The Labute approximate surface area is 230 Å². The highest BCUT2D eigenvalue weighted by Crippen LogP contribution is 2.31. The average Bonchev–Trinajstić information content (AvgIpc) is 3.44. The molecule has 0 aliphatic carbocycles. The normalized spacial score (nSPS) is 12.3.